The standard InChI is InChI=1S/C20H30N4O3/c1-22(2)10-3-11-24-15-20(7-6-18(24)25)8-12-23(13-9-20)17-5-4-16(14-21-17)19(26)27/h4-5,14H,3,6-13,15H2,1-2H3,(H,26,27). The minimum atomic E-state index is -0.951. The predicted octanol–water partition coefficient (Wildman–Crippen LogP) is 1.94. The molecular weight excluding hydrogens is 344 g/mol. The maximum atomic E-state index is 12.3. The van der Waals surface area contributed by atoms with E-state index in [0.29, 0.717) is 12.3 Å². The van der Waals surface area contributed by atoms with E-state index in [2.05, 4.69) is 33.8 Å². The van der Waals surface area contributed by atoms with Crippen LogP contribution >= 0.6 is 0 Å². The van der Waals surface area contributed by atoms with Crippen LogP contribution < -0.4 is 4.90 Å². The first-order valence-electron chi connectivity index (χ1n) is 9.75. The third-order valence-corrected chi connectivity index (χ3v) is 5.92. The quantitative estimate of drug-likeness (QED) is 0.820. The number of carbonyl (C=O) groups excluding carboxylic acids is 1. The van der Waals surface area contributed by atoms with Gasteiger partial charge in [0.2, 0.25) is 5.91 Å². The van der Waals surface area contributed by atoms with Crippen molar-refractivity contribution in [3.63, 3.8) is 0 Å². The van der Waals surface area contributed by atoms with Crippen molar-refractivity contribution >= 4 is 17.7 Å². The van der Waals surface area contributed by atoms with Crippen LogP contribution in [0.4, 0.5) is 5.82 Å². The van der Waals surface area contributed by atoms with E-state index in [-0.39, 0.29) is 11.0 Å². The van der Waals surface area contributed by atoms with Gasteiger partial charge in [0.25, 0.3) is 0 Å². The lowest BCUT2D eigenvalue weighted by Crippen LogP contribution is -2.52. The first-order chi connectivity index (χ1) is 12.9. The Morgan fingerprint density at radius 1 is 1.26 bits per heavy atom. The number of amides is 1. The van der Waals surface area contributed by atoms with E-state index in [1.807, 2.05) is 0 Å². The number of likely N-dealkylation sites (tertiary alicyclic amines) is 1. The molecular formula is C20H30N4O3. The van der Waals surface area contributed by atoms with Gasteiger partial charge in [-0.1, -0.05) is 0 Å². The van der Waals surface area contributed by atoms with Gasteiger partial charge in [0.1, 0.15) is 5.82 Å². The van der Waals surface area contributed by atoms with E-state index in [1.165, 1.54) is 6.20 Å². The van der Waals surface area contributed by atoms with Gasteiger partial charge >= 0.3 is 5.97 Å². The number of hydrogen-bond donors (Lipinski definition) is 1. The average molecular weight is 374 g/mol. The molecule has 2 aliphatic rings. The number of carboxylic acids is 1. The Kier molecular flexibility index (Phi) is 5.99. The average Bonchev–Trinajstić information content (AvgIpc) is 2.65. The first kappa shape index (κ1) is 19.6. The second-order valence-corrected chi connectivity index (χ2v) is 8.17. The SMILES string of the molecule is CN(C)CCCN1CC2(CCC1=O)CCN(c1ccc(C(=O)O)cn1)CC2. The molecule has 0 radical (unpaired) electrons. The highest BCUT2D eigenvalue weighted by atomic mass is 16.4. The monoisotopic (exact) mass is 374 g/mol. The van der Waals surface area contributed by atoms with Crippen molar-refractivity contribution in [2.45, 2.75) is 32.1 Å². The highest BCUT2D eigenvalue weighted by Gasteiger charge is 2.40. The molecule has 2 aliphatic heterocycles. The molecule has 1 N–H and O–H groups in total. The summed E-state index contributed by atoms with van der Waals surface area (Å²) < 4.78 is 0. The van der Waals surface area contributed by atoms with E-state index in [4.69, 9.17) is 5.11 Å². The number of rotatable bonds is 6. The predicted molar refractivity (Wildman–Crippen MR) is 104 cm³/mol. The summed E-state index contributed by atoms with van der Waals surface area (Å²) in [6.07, 6.45) is 6.18. The lowest BCUT2D eigenvalue weighted by Gasteiger charge is -2.47. The molecule has 0 unspecified atom stereocenters. The van der Waals surface area contributed by atoms with Gasteiger partial charge in [-0.05, 0) is 63.9 Å². The number of aromatic nitrogens is 1. The van der Waals surface area contributed by atoms with Crippen LogP contribution in [-0.4, -0.2) is 78.6 Å². The van der Waals surface area contributed by atoms with Crippen molar-refractivity contribution < 1.29 is 14.7 Å². The van der Waals surface area contributed by atoms with Crippen LogP contribution in [0.1, 0.15) is 42.5 Å². The molecule has 0 bridgehead atoms. The van der Waals surface area contributed by atoms with E-state index in [9.17, 15) is 9.59 Å². The number of piperidine rings is 2. The zero-order chi connectivity index (χ0) is 19.4. The number of hydrogen-bond acceptors (Lipinski definition) is 5. The lowest BCUT2D eigenvalue weighted by molar-refractivity contribution is -0.138. The second-order valence-electron chi connectivity index (χ2n) is 8.17. The summed E-state index contributed by atoms with van der Waals surface area (Å²) in [5, 5.41) is 9.00. The van der Waals surface area contributed by atoms with Crippen LogP contribution in [0, 0.1) is 5.41 Å². The smallest absolute Gasteiger partial charge is 0.337 e. The van der Waals surface area contributed by atoms with Crippen LogP contribution in [0.3, 0.4) is 0 Å². The number of anilines is 1. The van der Waals surface area contributed by atoms with Crippen LogP contribution in [0.15, 0.2) is 18.3 Å². The Morgan fingerprint density at radius 2 is 2.00 bits per heavy atom. The van der Waals surface area contributed by atoms with Gasteiger partial charge in [-0.3, -0.25) is 4.79 Å². The summed E-state index contributed by atoms with van der Waals surface area (Å²) in [5.41, 5.74) is 0.440. The summed E-state index contributed by atoms with van der Waals surface area (Å²) >= 11 is 0. The summed E-state index contributed by atoms with van der Waals surface area (Å²) in [6.45, 7) is 4.53. The van der Waals surface area contributed by atoms with Gasteiger partial charge in [-0.2, -0.15) is 0 Å². The molecule has 1 spiro atoms. The van der Waals surface area contributed by atoms with E-state index >= 15 is 0 Å². The van der Waals surface area contributed by atoms with E-state index in [0.717, 1.165) is 64.2 Å². The fourth-order valence-corrected chi connectivity index (χ4v) is 4.20. The first-order valence-corrected chi connectivity index (χ1v) is 9.75. The van der Waals surface area contributed by atoms with E-state index < -0.39 is 5.97 Å². The molecule has 0 atom stereocenters. The summed E-state index contributed by atoms with van der Waals surface area (Å²) in [7, 11) is 4.12. The third kappa shape index (κ3) is 4.77. The molecule has 148 valence electrons. The minimum Gasteiger partial charge on any atom is -0.478 e. The maximum Gasteiger partial charge on any atom is 0.337 e. The fourth-order valence-electron chi connectivity index (χ4n) is 4.20. The molecule has 0 aromatic carbocycles. The Hall–Kier alpha value is -2.15. The summed E-state index contributed by atoms with van der Waals surface area (Å²) in [5.74, 6) is 0.185. The molecule has 1 aromatic rings. The molecule has 7 heteroatoms. The Labute approximate surface area is 161 Å². The number of carboxylic acid groups (broad SMARTS) is 1. The van der Waals surface area contributed by atoms with Crippen molar-refractivity contribution in [2.24, 2.45) is 5.41 Å². The fraction of sp³-hybridized carbons (Fsp3) is 0.650. The van der Waals surface area contributed by atoms with E-state index in [1.54, 1.807) is 12.1 Å². The van der Waals surface area contributed by atoms with Gasteiger partial charge in [0.15, 0.2) is 0 Å². The maximum absolute atomic E-state index is 12.3. The third-order valence-electron chi connectivity index (χ3n) is 5.92. The molecule has 1 aromatic heterocycles. The van der Waals surface area contributed by atoms with Crippen molar-refractivity contribution in [2.75, 3.05) is 51.7 Å². The Balaban J connectivity index is 1.56. The van der Waals surface area contributed by atoms with Crippen LogP contribution in [0.25, 0.3) is 0 Å². The zero-order valence-corrected chi connectivity index (χ0v) is 16.4. The van der Waals surface area contributed by atoms with Crippen molar-refractivity contribution in [1.82, 2.24) is 14.8 Å². The molecule has 0 aliphatic carbocycles. The van der Waals surface area contributed by atoms with Gasteiger partial charge in [-0.15, -0.1) is 0 Å². The highest BCUT2D eigenvalue weighted by Crippen LogP contribution is 2.40. The number of aromatic carboxylic acids is 1. The largest absolute Gasteiger partial charge is 0.478 e. The van der Waals surface area contributed by atoms with Gasteiger partial charge in [0, 0.05) is 38.8 Å². The molecule has 1 amide bonds. The molecule has 2 fully saturated rings. The highest BCUT2D eigenvalue weighted by molar-refractivity contribution is 5.87. The second kappa shape index (κ2) is 8.25. The Morgan fingerprint density at radius 3 is 2.59 bits per heavy atom. The topological polar surface area (TPSA) is 77.0 Å². The molecule has 3 rings (SSSR count). The number of carbonyl (C=O) groups is 2. The van der Waals surface area contributed by atoms with Crippen LogP contribution in [-0.2, 0) is 4.79 Å². The minimum absolute atomic E-state index is 0.214. The molecule has 0 saturated carbocycles. The van der Waals surface area contributed by atoms with Gasteiger partial charge < -0.3 is 19.8 Å². The van der Waals surface area contributed by atoms with Crippen molar-refractivity contribution in [3.8, 4) is 0 Å². The van der Waals surface area contributed by atoms with Gasteiger partial charge in [0.05, 0.1) is 5.56 Å². The molecule has 27 heavy (non-hydrogen) atoms. The molecule has 3 heterocycles. The molecule has 7 nitrogen and oxygen atoms in total. The summed E-state index contributed by atoms with van der Waals surface area (Å²) in [4.78, 5) is 34.1. The number of pyridine rings is 1. The van der Waals surface area contributed by atoms with Crippen molar-refractivity contribution in [1.29, 1.82) is 0 Å². The summed E-state index contributed by atoms with van der Waals surface area (Å²) in [6, 6.07) is 3.40. The van der Waals surface area contributed by atoms with Gasteiger partial charge in [-0.25, -0.2) is 9.78 Å². The number of nitrogens with zero attached hydrogens (tertiary/aromatic N) is 4. The van der Waals surface area contributed by atoms with Crippen LogP contribution in [0.2, 0.25) is 0 Å². The van der Waals surface area contributed by atoms with Crippen molar-refractivity contribution in [3.05, 3.63) is 23.9 Å². The Bertz CT molecular complexity index is 666. The lowest BCUT2D eigenvalue weighted by atomic mass is 9.72. The van der Waals surface area contributed by atoms with Crippen LogP contribution in [0.5, 0.6) is 0 Å². The zero-order valence-electron chi connectivity index (χ0n) is 16.4. The normalized spacial score (nSPS) is 19.7. The molecule has 2 saturated heterocycles.